The number of nitrogens with zero attached hydrogens (tertiary/aromatic N) is 1. The number of amides is 1. The van der Waals surface area contributed by atoms with E-state index in [9.17, 15) is 4.79 Å². The molecule has 0 radical (unpaired) electrons. The first-order chi connectivity index (χ1) is 13.0. The van der Waals surface area contributed by atoms with Crippen molar-refractivity contribution in [2.45, 2.75) is 64.7 Å². The molecular weight excluding hydrogens is 332 g/mol. The van der Waals surface area contributed by atoms with Gasteiger partial charge in [-0.25, -0.2) is 5.43 Å². The minimum absolute atomic E-state index is 0.177. The van der Waals surface area contributed by atoms with Crippen LogP contribution in [-0.2, 0) is 0 Å². The van der Waals surface area contributed by atoms with Crippen LogP contribution in [0.25, 0.3) is 0 Å². The first kappa shape index (κ1) is 19.3. The zero-order valence-corrected chi connectivity index (χ0v) is 16.7. The Kier molecular flexibility index (Phi) is 6.44. The molecule has 1 fully saturated rings. The third-order valence-corrected chi connectivity index (χ3v) is 5.57. The predicted molar refractivity (Wildman–Crippen MR) is 112 cm³/mol. The van der Waals surface area contributed by atoms with E-state index in [0.717, 1.165) is 11.3 Å². The van der Waals surface area contributed by atoms with Crippen LogP contribution >= 0.6 is 0 Å². The quantitative estimate of drug-likeness (QED) is 0.513. The van der Waals surface area contributed by atoms with Gasteiger partial charge in [0.1, 0.15) is 0 Å². The van der Waals surface area contributed by atoms with E-state index in [4.69, 9.17) is 0 Å². The zero-order chi connectivity index (χ0) is 19.2. The number of hydrogen-bond acceptors (Lipinski definition) is 2. The molecule has 0 aromatic heterocycles. The lowest BCUT2D eigenvalue weighted by Crippen LogP contribution is -2.19. The van der Waals surface area contributed by atoms with Crippen LogP contribution in [-0.4, -0.2) is 11.6 Å². The fraction of sp³-hybridized carbons (Fsp3) is 0.417. The Morgan fingerprint density at radius 2 is 1.52 bits per heavy atom. The van der Waals surface area contributed by atoms with Crippen molar-refractivity contribution in [3.63, 3.8) is 0 Å². The summed E-state index contributed by atoms with van der Waals surface area (Å²) in [5.41, 5.74) is 7.82. The molecule has 142 valence electrons. The molecule has 0 aliphatic heterocycles. The molecule has 27 heavy (non-hydrogen) atoms. The van der Waals surface area contributed by atoms with E-state index in [1.807, 2.05) is 31.2 Å². The molecule has 3 rings (SSSR count). The van der Waals surface area contributed by atoms with E-state index in [0.29, 0.717) is 17.4 Å². The van der Waals surface area contributed by atoms with Gasteiger partial charge in [-0.05, 0) is 60.4 Å². The van der Waals surface area contributed by atoms with Gasteiger partial charge < -0.3 is 0 Å². The minimum Gasteiger partial charge on any atom is -0.267 e. The van der Waals surface area contributed by atoms with E-state index < -0.39 is 0 Å². The lowest BCUT2D eigenvalue weighted by atomic mass is 9.84. The number of carbonyl (C=O) groups is 1. The average Bonchev–Trinajstić information content (AvgIpc) is 2.72. The minimum atomic E-state index is -0.177. The van der Waals surface area contributed by atoms with E-state index >= 15 is 0 Å². The molecular formula is C24H30N2O. The summed E-state index contributed by atoms with van der Waals surface area (Å²) in [6.45, 7) is 6.21. The van der Waals surface area contributed by atoms with Gasteiger partial charge in [-0.15, -0.1) is 0 Å². The van der Waals surface area contributed by atoms with Gasteiger partial charge in [0.15, 0.2) is 0 Å². The zero-order valence-electron chi connectivity index (χ0n) is 16.7. The summed E-state index contributed by atoms with van der Waals surface area (Å²) in [6, 6.07) is 16.4. The van der Waals surface area contributed by atoms with Gasteiger partial charge in [0.25, 0.3) is 5.91 Å². The molecule has 0 bridgehead atoms. The Bertz CT molecular complexity index is 782. The van der Waals surface area contributed by atoms with Gasteiger partial charge in [-0.1, -0.05) is 69.5 Å². The molecule has 3 nitrogen and oxygen atoms in total. The second-order valence-electron chi connectivity index (χ2n) is 7.87. The van der Waals surface area contributed by atoms with Crippen LogP contribution in [0.4, 0.5) is 0 Å². The van der Waals surface area contributed by atoms with Crippen molar-refractivity contribution >= 4 is 11.6 Å². The fourth-order valence-electron chi connectivity index (χ4n) is 3.72. The van der Waals surface area contributed by atoms with Gasteiger partial charge in [-0.2, -0.15) is 5.10 Å². The Labute approximate surface area is 162 Å². The highest BCUT2D eigenvalue weighted by Crippen LogP contribution is 2.32. The highest BCUT2D eigenvalue weighted by Gasteiger charge is 2.15. The summed E-state index contributed by atoms with van der Waals surface area (Å²) in [5.74, 6) is 0.987. The topological polar surface area (TPSA) is 41.5 Å². The van der Waals surface area contributed by atoms with Crippen molar-refractivity contribution in [2.24, 2.45) is 5.10 Å². The Hall–Kier alpha value is -2.42. The summed E-state index contributed by atoms with van der Waals surface area (Å²) >= 11 is 0. The first-order valence-electron chi connectivity index (χ1n) is 10.1. The van der Waals surface area contributed by atoms with Gasteiger partial charge >= 0.3 is 0 Å². The highest BCUT2D eigenvalue weighted by molar-refractivity contribution is 6.00. The van der Waals surface area contributed by atoms with Crippen LogP contribution in [0.1, 0.15) is 91.8 Å². The lowest BCUT2D eigenvalue weighted by molar-refractivity contribution is 0.0955. The lowest BCUT2D eigenvalue weighted by Gasteiger charge is -2.22. The summed E-state index contributed by atoms with van der Waals surface area (Å²) < 4.78 is 0. The van der Waals surface area contributed by atoms with Gasteiger partial charge in [0, 0.05) is 5.56 Å². The van der Waals surface area contributed by atoms with Crippen LogP contribution < -0.4 is 5.43 Å². The van der Waals surface area contributed by atoms with Gasteiger partial charge in [-0.3, -0.25) is 4.79 Å². The molecule has 2 aromatic rings. The summed E-state index contributed by atoms with van der Waals surface area (Å²) in [7, 11) is 0. The van der Waals surface area contributed by atoms with Crippen molar-refractivity contribution in [1.82, 2.24) is 5.43 Å². The standard InChI is InChI=1S/C24H30N2O/c1-17(2)19-9-15-23(16-10-19)24(27)26-25-18(3)20-11-13-22(14-12-20)21-7-5-4-6-8-21/h9-17,21H,4-8H2,1-3H3,(H,26,27)/b25-18+. The molecule has 1 aliphatic carbocycles. The number of hydrogen-bond donors (Lipinski definition) is 1. The van der Waals surface area contributed by atoms with Crippen LogP contribution in [0.15, 0.2) is 53.6 Å². The SMILES string of the molecule is C/C(=N\NC(=O)c1ccc(C(C)C)cc1)c1ccc(C2CCCCC2)cc1. The molecule has 2 aromatic carbocycles. The smallest absolute Gasteiger partial charge is 0.267 e. The molecule has 1 saturated carbocycles. The monoisotopic (exact) mass is 362 g/mol. The van der Waals surface area contributed by atoms with E-state index in [-0.39, 0.29) is 5.91 Å². The maximum atomic E-state index is 12.3. The molecule has 0 heterocycles. The van der Waals surface area contributed by atoms with Gasteiger partial charge in [0.05, 0.1) is 5.71 Å². The fourth-order valence-corrected chi connectivity index (χ4v) is 3.72. The second kappa shape index (κ2) is 8.98. The van der Waals surface area contributed by atoms with E-state index in [1.165, 1.54) is 43.2 Å². The second-order valence-corrected chi connectivity index (χ2v) is 7.87. The molecule has 0 spiro atoms. The third kappa shape index (κ3) is 5.06. The maximum Gasteiger partial charge on any atom is 0.271 e. The normalized spacial score (nSPS) is 15.8. The van der Waals surface area contributed by atoms with Crippen LogP contribution in [0, 0.1) is 0 Å². The first-order valence-corrected chi connectivity index (χ1v) is 10.1. The molecule has 0 unspecified atom stereocenters. The largest absolute Gasteiger partial charge is 0.271 e. The van der Waals surface area contributed by atoms with Crippen LogP contribution in [0.2, 0.25) is 0 Å². The molecule has 0 atom stereocenters. The third-order valence-electron chi connectivity index (χ3n) is 5.57. The van der Waals surface area contributed by atoms with Crippen molar-refractivity contribution in [3.05, 3.63) is 70.8 Å². The van der Waals surface area contributed by atoms with Crippen molar-refractivity contribution in [3.8, 4) is 0 Å². The Balaban J connectivity index is 1.61. The molecule has 1 N–H and O–H groups in total. The number of rotatable bonds is 5. The average molecular weight is 363 g/mol. The number of hydrazone groups is 1. The molecule has 3 heteroatoms. The predicted octanol–water partition coefficient (Wildman–Crippen LogP) is 6.01. The van der Waals surface area contributed by atoms with Crippen molar-refractivity contribution < 1.29 is 4.79 Å². The Morgan fingerprint density at radius 1 is 0.926 bits per heavy atom. The molecule has 1 aliphatic rings. The summed E-state index contributed by atoms with van der Waals surface area (Å²) in [6.07, 6.45) is 6.67. The maximum absolute atomic E-state index is 12.3. The Morgan fingerprint density at radius 3 is 2.11 bits per heavy atom. The summed E-state index contributed by atoms with van der Waals surface area (Å²) in [4.78, 5) is 12.3. The van der Waals surface area contributed by atoms with Crippen LogP contribution in [0.5, 0.6) is 0 Å². The summed E-state index contributed by atoms with van der Waals surface area (Å²) in [5, 5.41) is 4.29. The van der Waals surface area contributed by atoms with Crippen molar-refractivity contribution in [2.75, 3.05) is 0 Å². The van der Waals surface area contributed by atoms with E-state index in [1.54, 1.807) is 0 Å². The molecule has 0 saturated heterocycles. The molecule has 1 amide bonds. The highest BCUT2D eigenvalue weighted by atomic mass is 16.2. The van der Waals surface area contributed by atoms with Gasteiger partial charge in [0.2, 0.25) is 0 Å². The number of benzene rings is 2. The van der Waals surface area contributed by atoms with Crippen molar-refractivity contribution in [1.29, 1.82) is 0 Å². The van der Waals surface area contributed by atoms with E-state index in [2.05, 4.69) is 48.6 Å². The van der Waals surface area contributed by atoms with Crippen LogP contribution in [0.3, 0.4) is 0 Å². The number of carbonyl (C=O) groups excluding carboxylic acids is 1. The number of nitrogens with one attached hydrogen (secondary N) is 1.